The zero-order valence-corrected chi connectivity index (χ0v) is 26.1. The van der Waals surface area contributed by atoms with Gasteiger partial charge in [-0.1, -0.05) is 77.3 Å². The largest absolute Gasteiger partial charge is 0.451 e. The van der Waals surface area contributed by atoms with Crippen molar-refractivity contribution in [2.24, 2.45) is 0 Å². The van der Waals surface area contributed by atoms with Crippen LogP contribution in [0.25, 0.3) is 21.7 Å². The summed E-state index contributed by atoms with van der Waals surface area (Å²) >= 11 is 6.20. The Kier molecular flexibility index (Phi) is 9.35. The van der Waals surface area contributed by atoms with Crippen LogP contribution in [0.4, 0.5) is 0 Å². The van der Waals surface area contributed by atoms with E-state index in [1.54, 1.807) is 6.07 Å². The normalized spacial score (nSPS) is 11.8. The van der Waals surface area contributed by atoms with Gasteiger partial charge in [0.05, 0.1) is 19.6 Å². The van der Waals surface area contributed by atoms with E-state index >= 15 is 0 Å². The van der Waals surface area contributed by atoms with E-state index in [1.807, 2.05) is 23.1 Å². The SMILES string of the molecule is CC[N+](CC)(CCCCN(Cc1ccc2ccccc2c1)C(=O)c1cc2cc(Cl)ccc2o1)Cc1cc(C)cc(C)c1. The molecule has 0 radical (unpaired) electrons. The van der Waals surface area contributed by atoms with Crippen molar-refractivity contribution in [3.05, 3.63) is 118 Å². The van der Waals surface area contributed by atoms with Crippen molar-refractivity contribution < 1.29 is 13.7 Å². The van der Waals surface area contributed by atoms with E-state index in [1.165, 1.54) is 27.5 Å². The molecule has 42 heavy (non-hydrogen) atoms. The molecular formula is C37H42ClN2O2+. The molecule has 0 bridgehead atoms. The van der Waals surface area contributed by atoms with Crippen LogP contribution in [-0.2, 0) is 13.1 Å². The lowest BCUT2D eigenvalue weighted by atomic mass is 10.1. The van der Waals surface area contributed by atoms with E-state index in [-0.39, 0.29) is 5.91 Å². The van der Waals surface area contributed by atoms with Gasteiger partial charge in [-0.3, -0.25) is 4.79 Å². The number of hydrogen-bond acceptors (Lipinski definition) is 2. The third-order valence-electron chi connectivity index (χ3n) is 8.62. The van der Waals surface area contributed by atoms with Crippen LogP contribution in [0.2, 0.25) is 5.02 Å². The van der Waals surface area contributed by atoms with E-state index in [2.05, 4.69) is 88.4 Å². The lowest BCUT2D eigenvalue weighted by molar-refractivity contribution is -0.938. The minimum absolute atomic E-state index is 0.0857. The van der Waals surface area contributed by atoms with Gasteiger partial charge >= 0.3 is 0 Å². The molecule has 0 spiro atoms. The second-order valence-corrected chi connectivity index (χ2v) is 12.2. The van der Waals surface area contributed by atoms with Crippen LogP contribution < -0.4 is 0 Å². The summed E-state index contributed by atoms with van der Waals surface area (Å²) in [4.78, 5) is 15.8. The number of carbonyl (C=O) groups excluding carboxylic acids is 1. The first-order valence-corrected chi connectivity index (χ1v) is 15.5. The number of carbonyl (C=O) groups is 1. The van der Waals surface area contributed by atoms with Gasteiger partial charge < -0.3 is 13.8 Å². The summed E-state index contributed by atoms with van der Waals surface area (Å²) in [5.41, 5.74) is 5.85. The van der Waals surface area contributed by atoms with Crippen LogP contribution in [0.15, 0.2) is 89.3 Å². The average molecular weight is 582 g/mol. The smallest absolute Gasteiger partial charge is 0.289 e. The summed E-state index contributed by atoms with van der Waals surface area (Å²) in [6, 6.07) is 29.0. The highest BCUT2D eigenvalue weighted by molar-refractivity contribution is 6.31. The number of nitrogens with zero attached hydrogens (tertiary/aromatic N) is 2. The fraction of sp³-hybridized carbons (Fsp3) is 0.324. The molecule has 0 aliphatic heterocycles. The van der Waals surface area contributed by atoms with Gasteiger partial charge in [0, 0.05) is 29.1 Å². The fourth-order valence-corrected chi connectivity index (χ4v) is 6.41. The highest BCUT2D eigenvalue weighted by atomic mass is 35.5. The molecule has 0 atom stereocenters. The molecule has 5 aromatic rings. The van der Waals surface area contributed by atoms with Gasteiger partial charge in [0.2, 0.25) is 0 Å². The Morgan fingerprint density at radius 1 is 0.786 bits per heavy atom. The maximum absolute atomic E-state index is 13.9. The van der Waals surface area contributed by atoms with E-state index < -0.39 is 0 Å². The second-order valence-electron chi connectivity index (χ2n) is 11.8. The van der Waals surface area contributed by atoms with Gasteiger partial charge in [0.25, 0.3) is 5.91 Å². The van der Waals surface area contributed by atoms with Gasteiger partial charge in [0.1, 0.15) is 12.1 Å². The first kappa shape index (κ1) is 29.9. The molecule has 1 heterocycles. The second kappa shape index (κ2) is 13.1. The van der Waals surface area contributed by atoms with Crippen molar-refractivity contribution in [2.75, 3.05) is 26.2 Å². The van der Waals surface area contributed by atoms with E-state index in [0.717, 1.165) is 54.5 Å². The number of benzene rings is 4. The van der Waals surface area contributed by atoms with Crippen LogP contribution in [0.1, 0.15) is 59.5 Å². The molecule has 4 aromatic carbocycles. The minimum Gasteiger partial charge on any atom is -0.451 e. The summed E-state index contributed by atoms with van der Waals surface area (Å²) in [6.07, 6.45) is 1.97. The number of amides is 1. The van der Waals surface area contributed by atoms with Crippen LogP contribution in [-0.4, -0.2) is 41.5 Å². The molecule has 0 aliphatic carbocycles. The lowest BCUT2D eigenvalue weighted by Gasteiger charge is -2.37. The number of furan rings is 1. The average Bonchev–Trinajstić information content (AvgIpc) is 3.40. The van der Waals surface area contributed by atoms with Gasteiger partial charge in [-0.05, 0) is 87.2 Å². The number of fused-ring (bicyclic) bond motifs is 2. The minimum atomic E-state index is -0.0857. The molecule has 0 N–H and O–H groups in total. The first-order chi connectivity index (χ1) is 20.3. The molecule has 0 saturated carbocycles. The summed E-state index contributed by atoms with van der Waals surface area (Å²) in [5.74, 6) is 0.271. The lowest BCUT2D eigenvalue weighted by Crippen LogP contribution is -2.47. The number of aryl methyl sites for hydroxylation is 2. The summed E-state index contributed by atoms with van der Waals surface area (Å²) in [5, 5.41) is 3.85. The van der Waals surface area contributed by atoms with Crippen molar-refractivity contribution in [1.29, 1.82) is 0 Å². The Balaban J connectivity index is 1.32. The van der Waals surface area contributed by atoms with Crippen molar-refractivity contribution in [1.82, 2.24) is 4.90 Å². The van der Waals surface area contributed by atoms with Gasteiger partial charge in [-0.15, -0.1) is 0 Å². The van der Waals surface area contributed by atoms with Crippen molar-refractivity contribution in [2.45, 2.75) is 53.6 Å². The monoisotopic (exact) mass is 581 g/mol. The van der Waals surface area contributed by atoms with Gasteiger partial charge in [0.15, 0.2) is 5.76 Å². The molecule has 0 saturated heterocycles. The molecular weight excluding hydrogens is 540 g/mol. The maximum Gasteiger partial charge on any atom is 0.289 e. The molecule has 5 heteroatoms. The van der Waals surface area contributed by atoms with E-state index in [4.69, 9.17) is 16.0 Å². The Hall–Kier alpha value is -3.60. The topological polar surface area (TPSA) is 33.5 Å². The van der Waals surface area contributed by atoms with Crippen LogP contribution >= 0.6 is 11.6 Å². The maximum atomic E-state index is 13.9. The van der Waals surface area contributed by atoms with Gasteiger partial charge in [-0.2, -0.15) is 0 Å². The highest BCUT2D eigenvalue weighted by Crippen LogP contribution is 2.26. The number of quaternary nitrogens is 1. The summed E-state index contributed by atoms with van der Waals surface area (Å²) < 4.78 is 7.05. The molecule has 0 fully saturated rings. The number of rotatable bonds is 12. The summed E-state index contributed by atoms with van der Waals surface area (Å²) in [7, 11) is 0. The zero-order chi connectivity index (χ0) is 29.7. The molecule has 0 aliphatic rings. The third-order valence-corrected chi connectivity index (χ3v) is 8.85. The Morgan fingerprint density at radius 2 is 1.52 bits per heavy atom. The Morgan fingerprint density at radius 3 is 2.26 bits per heavy atom. The van der Waals surface area contributed by atoms with Gasteiger partial charge in [-0.25, -0.2) is 0 Å². The van der Waals surface area contributed by atoms with Crippen LogP contribution in [0.3, 0.4) is 0 Å². The standard InChI is InChI=1S/C37H42ClN2O2/c1-5-40(6-2,26-30-20-27(3)19-28(4)21-30)18-10-9-17-39(25-29-13-14-31-11-7-8-12-32(31)22-29)37(41)36-24-33-23-34(38)15-16-35(33)42-36/h7-8,11-16,19-24H,5-6,9-10,17-18,25-26H2,1-4H3/q+1. The predicted molar refractivity (Wildman–Crippen MR) is 175 cm³/mol. The number of halogens is 1. The first-order valence-electron chi connectivity index (χ1n) is 15.2. The quantitative estimate of drug-likeness (QED) is 0.109. The van der Waals surface area contributed by atoms with Crippen molar-refractivity contribution in [3.8, 4) is 0 Å². The van der Waals surface area contributed by atoms with Crippen LogP contribution in [0.5, 0.6) is 0 Å². The molecule has 218 valence electrons. The third kappa shape index (κ3) is 7.06. The Labute approximate surface area is 255 Å². The van der Waals surface area contributed by atoms with Crippen molar-refractivity contribution in [3.63, 3.8) is 0 Å². The number of hydrogen-bond donors (Lipinski definition) is 0. The van der Waals surface area contributed by atoms with E-state index in [0.29, 0.717) is 29.5 Å². The fourth-order valence-electron chi connectivity index (χ4n) is 6.23. The molecule has 1 amide bonds. The molecule has 4 nitrogen and oxygen atoms in total. The zero-order valence-electron chi connectivity index (χ0n) is 25.3. The predicted octanol–water partition coefficient (Wildman–Crippen LogP) is 9.34. The Bertz CT molecular complexity index is 1660. The van der Waals surface area contributed by atoms with Crippen molar-refractivity contribution >= 4 is 39.2 Å². The molecule has 0 unspecified atom stereocenters. The van der Waals surface area contributed by atoms with E-state index in [9.17, 15) is 4.79 Å². The van der Waals surface area contributed by atoms with Crippen LogP contribution in [0, 0.1) is 13.8 Å². The highest BCUT2D eigenvalue weighted by Gasteiger charge is 2.25. The molecule has 1 aromatic heterocycles. The summed E-state index contributed by atoms with van der Waals surface area (Å²) in [6.45, 7) is 14.5. The molecule has 5 rings (SSSR count). The number of unbranched alkanes of at least 4 members (excludes halogenated alkanes) is 1.